The molecule has 0 amide bonds. The molecule has 0 N–H and O–H groups in total. The molecule has 0 bridgehead atoms. The molecule has 0 unspecified atom stereocenters. The molecule has 8 nitrogen and oxygen atoms in total. The van der Waals surface area contributed by atoms with E-state index < -0.39 is 20.0 Å². The minimum atomic E-state index is -3.73. The SMILES string of the molecule is Cc1ccc(C)c(S(=O)(=O)N2CCN(S(=O)(=O)c3cn(C)c(C)n3)CC2)c1. The van der Waals surface area contributed by atoms with E-state index in [9.17, 15) is 16.8 Å². The van der Waals surface area contributed by atoms with Crippen LogP contribution >= 0.6 is 0 Å². The number of benzene rings is 1. The first-order valence-electron chi connectivity index (χ1n) is 8.61. The van der Waals surface area contributed by atoms with Gasteiger partial charge >= 0.3 is 0 Å². The minimum absolute atomic E-state index is 0.00617. The lowest BCUT2D eigenvalue weighted by Gasteiger charge is -2.33. The highest BCUT2D eigenvalue weighted by molar-refractivity contribution is 7.89. The molecule has 1 aliphatic heterocycles. The number of hydrogen-bond acceptors (Lipinski definition) is 5. The van der Waals surface area contributed by atoms with Gasteiger partial charge in [-0.15, -0.1) is 0 Å². The third kappa shape index (κ3) is 3.66. The maximum atomic E-state index is 13.0. The van der Waals surface area contributed by atoms with E-state index in [1.165, 1.54) is 14.8 Å². The van der Waals surface area contributed by atoms with Crippen LogP contribution in [0.1, 0.15) is 17.0 Å². The second kappa shape index (κ2) is 7.01. The van der Waals surface area contributed by atoms with Crippen molar-refractivity contribution in [1.82, 2.24) is 18.2 Å². The van der Waals surface area contributed by atoms with Gasteiger partial charge in [0.25, 0.3) is 10.0 Å². The van der Waals surface area contributed by atoms with Gasteiger partial charge in [-0.1, -0.05) is 12.1 Å². The van der Waals surface area contributed by atoms with Crippen molar-refractivity contribution in [3.05, 3.63) is 41.3 Å². The van der Waals surface area contributed by atoms with Gasteiger partial charge in [0.05, 0.1) is 4.90 Å². The Morgan fingerprint density at radius 3 is 1.96 bits per heavy atom. The van der Waals surface area contributed by atoms with Crippen LogP contribution in [-0.2, 0) is 27.1 Å². The van der Waals surface area contributed by atoms with Crippen LogP contribution in [0.25, 0.3) is 0 Å². The van der Waals surface area contributed by atoms with Gasteiger partial charge < -0.3 is 4.57 Å². The van der Waals surface area contributed by atoms with E-state index in [0.717, 1.165) is 5.56 Å². The van der Waals surface area contributed by atoms with E-state index in [1.54, 1.807) is 37.6 Å². The van der Waals surface area contributed by atoms with Crippen molar-refractivity contribution in [2.24, 2.45) is 7.05 Å². The van der Waals surface area contributed by atoms with Crippen LogP contribution in [0, 0.1) is 20.8 Å². The molecule has 0 atom stereocenters. The summed E-state index contributed by atoms with van der Waals surface area (Å²) in [4.78, 5) is 4.37. The molecular formula is C17H24N4O4S2. The van der Waals surface area contributed by atoms with Gasteiger partial charge in [0.1, 0.15) is 5.82 Å². The highest BCUT2D eigenvalue weighted by atomic mass is 32.2. The maximum absolute atomic E-state index is 13.0. The summed E-state index contributed by atoms with van der Waals surface area (Å²) in [5, 5.41) is -0.00617. The number of aromatic nitrogens is 2. The molecule has 1 aromatic carbocycles. The molecule has 0 saturated carbocycles. The Morgan fingerprint density at radius 1 is 0.889 bits per heavy atom. The van der Waals surface area contributed by atoms with E-state index >= 15 is 0 Å². The zero-order valence-electron chi connectivity index (χ0n) is 15.9. The van der Waals surface area contributed by atoms with Gasteiger partial charge in [-0.25, -0.2) is 21.8 Å². The summed E-state index contributed by atoms with van der Waals surface area (Å²) in [6.45, 7) is 5.76. The maximum Gasteiger partial charge on any atom is 0.262 e. The van der Waals surface area contributed by atoms with E-state index in [1.807, 2.05) is 13.0 Å². The monoisotopic (exact) mass is 412 g/mol. The first-order valence-corrected chi connectivity index (χ1v) is 11.5. The molecular weight excluding hydrogens is 388 g/mol. The van der Waals surface area contributed by atoms with E-state index in [-0.39, 0.29) is 36.1 Å². The molecule has 0 aliphatic carbocycles. The number of nitrogens with zero attached hydrogens (tertiary/aromatic N) is 4. The number of imidazole rings is 1. The number of aryl methyl sites for hydroxylation is 4. The first kappa shape index (κ1) is 20.0. The molecule has 2 heterocycles. The molecule has 0 spiro atoms. The fourth-order valence-corrected chi connectivity index (χ4v) is 6.24. The van der Waals surface area contributed by atoms with Crippen LogP contribution in [-0.4, -0.2) is 61.2 Å². The van der Waals surface area contributed by atoms with Crippen molar-refractivity contribution in [1.29, 1.82) is 0 Å². The Kier molecular flexibility index (Phi) is 5.19. The lowest BCUT2D eigenvalue weighted by atomic mass is 10.2. The largest absolute Gasteiger partial charge is 0.337 e. The average Bonchev–Trinajstić information content (AvgIpc) is 2.97. The molecule has 1 saturated heterocycles. The second-order valence-electron chi connectivity index (χ2n) is 6.81. The minimum Gasteiger partial charge on any atom is -0.337 e. The predicted molar refractivity (Wildman–Crippen MR) is 101 cm³/mol. The van der Waals surface area contributed by atoms with Crippen molar-refractivity contribution in [3.63, 3.8) is 0 Å². The predicted octanol–water partition coefficient (Wildman–Crippen LogP) is 1.04. The number of piperazine rings is 1. The van der Waals surface area contributed by atoms with Crippen molar-refractivity contribution >= 4 is 20.0 Å². The fraction of sp³-hybridized carbons (Fsp3) is 0.471. The van der Waals surface area contributed by atoms with Gasteiger partial charge in [0.2, 0.25) is 10.0 Å². The summed E-state index contributed by atoms with van der Waals surface area (Å²) in [5.41, 5.74) is 1.55. The normalized spacial score (nSPS) is 17.3. The molecule has 1 fully saturated rings. The van der Waals surface area contributed by atoms with Crippen LogP contribution in [0.2, 0.25) is 0 Å². The lowest BCUT2D eigenvalue weighted by molar-refractivity contribution is 0.272. The summed E-state index contributed by atoms with van der Waals surface area (Å²) in [5.74, 6) is 0.602. The molecule has 27 heavy (non-hydrogen) atoms. The van der Waals surface area contributed by atoms with Crippen molar-refractivity contribution in [3.8, 4) is 0 Å². The molecule has 1 aliphatic rings. The Hall–Kier alpha value is -1.75. The van der Waals surface area contributed by atoms with E-state index in [4.69, 9.17) is 0 Å². The number of hydrogen-bond donors (Lipinski definition) is 0. The quantitative estimate of drug-likeness (QED) is 0.748. The van der Waals surface area contributed by atoms with Gasteiger partial charge in [0.15, 0.2) is 5.03 Å². The summed E-state index contributed by atoms with van der Waals surface area (Å²) < 4.78 is 55.8. The summed E-state index contributed by atoms with van der Waals surface area (Å²) in [7, 11) is -5.66. The standard InChI is InChI=1S/C17H24N4O4S2/c1-13-5-6-14(2)16(11-13)26(22,23)20-7-9-21(10-8-20)27(24,25)17-12-19(4)15(3)18-17/h5-6,11-12H,7-10H2,1-4H3. The van der Waals surface area contributed by atoms with Gasteiger partial charge in [-0.3, -0.25) is 0 Å². The van der Waals surface area contributed by atoms with Crippen LogP contribution in [0.15, 0.2) is 34.3 Å². The molecule has 3 rings (SSSR count). The molecule has 2 aromatic rings. The Balaban J connectivity index is 1.79. The molecule has 0 radical (unpaired) electrons. The third-order valence-corrected chi connectivity index (χ3v) is 8.66. The third-order valence-electron chi connectivity index (χ3n) is 4.85. The molecule has 10 heteroatoms. The Morgan fingerprint density at radius 2 is 1.44 bits per heavy atom. The smallest absolute Gasteiger partial charge is 0.262 e. The highest BCUT2D eigenvalue weighted by Crippen LogP contribution is 2.24. The average molecular weight is 413 g/mol. The molecule has 1 aromatic heterocycles. The van der Waals surface area contributed by atoms with E-state index in [0.29, 0.717) is 11.4 Å². The van der Waals surface area contributed by atoms with Crippen molar-refractivity contribution < 1.29 is 16.8 Å². The van der Waals surface area contributed by atoms with Crippen LogP contribution in [0.3, 0.4) is 0 Å². The summed E-state index contributed by atoms with van der Waals surface area (Å²) in [6, 6.07) is 5.31. The highest BCUT2D eigenvalue weighted by Gasteiger charge is 2.35. The van der Waals surface area contributed by atoms with Crippen LogP contribution in [0.4, 0.5) is 0 Å². The van der Waals surface area contributed by atoms with Crippen LogP contribution in [0.5, 0.6) is 0 Å². The van der Waals surface area contributed by atoms with Gasteiger partial charge in [0, 0.05) is 39.4 Å². The van der Waals surface area contributed by atoms with Gasteiger partial charge in [-0.05, 0) is 38.0 Å². The lowest BCUT2D eigenvalue weighted by Crippen LogP contribution is -2.50. The Bertz CT molecular complexity index is 1050. The van der Waals surface area contributed by atoms with Crippen molar-refractivity contribution in [2.45, 2.75) is 30.7 Å². The van der Waals surface area contributed by atoms with Gasteiger partial charge in [-0.2, -0.15) is 8.61 Å². The second-order valence-corrected chi connectivity index (χ2v) is 10.6. The number of rotatable bonds is 4. The first-order chi connectivity index (χ1) is 12.5. The summed E-state index contributed by atoms with van der Waals surface area (Å²) in [6.07, 6.45) is 1.48. The zero-order valence-corrected chi connectivity index (χ0v) is 17.5. The Labute approximate surface area is 160 Å². The number of sulfonamides is 2. The van der Waals surface area contributed by atoms with E-state index in [2.05, 4.69) is 4.98 Å². The summed E-state index contributed by atoms with van der Waals surface area (Å²) >= 11 is 0. The topological polar surface area (TPSA) is 92.6 Å². The van der Waals surface area contributed by atoms with Crippen molar-refractivity contribution in [2.75, 3.05) is 26.2 Å². The fourth-order valence-electron chi connectivity index (χ4n) is 3.06. The molecule has 148 valence electrons. The zero-order chi connectivity index (χ0) is 20.0. The van der Waals surface area contributed by atoms with Crippen LogP contribution < -0.4 is 0 Å².